The number of anilines is 1. The molecule has 164 valence electrons. The molecular weight excluding hydrogens is 431 g/mol. The molecule has 2 aliphatic rings. The van der Waals surface area contributed by atoms with Crippen LogP contribution < -0.4 is 4.90 Å². The van der Waals surface area contributed by atoms with Gasteiger partial charge in [0, 0.05) is 32.4 Å². The van der Waals surface area contributed by atoms with Gasteiger partial charge < -0.3 is 9.80 Å². The first-order valence-electron chi connectivity index (χ1n) is 11.0. The van der Waals surface area contributed by atoms with Crippen molar-refractivity contribution in [3.05, 3.63) is 58.1 Å². The van der Waals surface area contributed by atoms with Crippen LogP contribution in [0.5, 0.6) is 0 Å². The SMILES string of the molecule is CN1CCN(c2cccc3nc([C@H]4CCCC(c5ncccc5Cl)N4C)c(Cl)n23)CC1. The number of rotatable bonds is 3. The Morgan fingerprint density at radius 1 is 0.903 bits per heavy atom. The van der Waals surface area contributed by atoms with E-state index in [1.807, 2.05) is 24.4 Å². The van der Waals surface area contributed by atoms with Crippen molar-refractivity contribution in [2.24, 2.45) is 0 Å². The zero-order valence-corrected chi connectivity index (χ0v) is 19.5. The highest BCUT2D eigenvalue weighted by molar-refractivity contribution is 6.31. The lowest BCUT2D eigenvalue weighted by Crippen LogP contribution is -2.45. The quantitative estimate of drug-likeness (QED) is 0.569. The Labute approximate surface area is 193 Å². The van der Waals surface area contributed by atoms with Gasteiger partial charge in [-0.05, 0) is 57.6 Å². The van der Waals surface area contributed by atoms with Gasteiger partial charge in [-0.1, -0.05) is 29.3 Å². The Kier molecular flexibility index (Phi) is 5.82. The van der Waals surface area contributed by atoms with Crippen LogP contribution in [-0.2, 0) is 0 Å². The lowest BCUT2D eigenvalue weighted by Gasteiger charge is -2.39. The minimum absolute atomic E-state index is 0.129. The van der Waals surface area contributed by atoms with Gasteiger partial charge in [-0.25, -0.2) is 4.98 Å². The lowest BCUT2D eigenvalue weighted by atomic mass is 9.92. The molecule has 2 atom stereocenters. The fourth-order valence-electron chi connectivity index (χ4n) is 4.98. The molecule has 0 bridgehead atoms. The average molecular weight is 459 g/mol. The van der Waals surface area contributed by atoms with Gasteiger partial charge in [0.15, 0.2) is 0 Å². The molecule has 0 spiro atoms. The Morgan fingerprint density at radius 3 is 2.39 bits per heavy atom. The summed E-state index contributed by atoms with van der Waals surface area (Å²) < 4.78 is 2.12. The number of pyridine rings is 2. The van der Waals surface area contributed by atoms with Crippen LogP contribution in [0.4, 0.5) is 5.82 Å². The summed E-state index contributed by atoms with van der Waals surface area (Å²) in [6, 6.07) is 10.4. The number of aromatic nitrogens is 3. The normalized spacial score (nSPS) is 23.5. The van der Waals surface area contributed by atoms with Gasteiger partial charge in [0.25, 0.3) is 0 Å². The van der Waals surface area contributed by atoms with Gasteiger partial charge in [0.05, 0.1) is 28.5 Å². The maximum atomic E-state index is 7.03. The average Bonchev–Trinajstić information content (AvgIpc) is 3.12. The third-order valence-electron chi connectivity index (χ3n) is 6.78. The van der Waals surface area contributed by atoms with Crippen LogP contribution in [0.25, 0.3) is 5.65 Å². The topological polar surface area (TPSA) is 39.9 Å². The van der Waals surface area contributed by atoms with E-state index in [1.165, 1.54) is 0 Å². The minimum Gasteiger partial charge on any atom is -0.355 e. The number of likely N-dealkylation sites (N-methyl/N-ethyl adjacent to an activating group) is 1. The molecule has 0 N–H and O–H groups in total. The summed E-state index contributed by atoms with van der Waals surface area (Å²) in [4.78, 5) is 16.7. The largest absolute Gasteiger partial charge is 0.355 e. The first kappa shape index (κ1) is 21.0. The minimum atomic E-state index is 0.129. The second kappa shape index (κ2) is 8.58. The molecule has 1 unspecified atom stereocenters. The van der Waals surface area contributed by atoms with Crippen LogP contribution in [0.15, 0.2) is 36.5 Å². The van der Waals surface area contributed by atoms with Crippen molar-refractivity contribution in [3.8, 4) is 0 Å². The van der Waals surface area contributed by atoms with Crippen LogP contribution in [0.2, 0.25) is 10.2 Å². The number of hydrogen-bond donors (Lipinski definition) is 0. The summed E-state index contributed by atoms with van der Waals surface area (Å²) in [6.45, 7) is 4.08. The van der Waals surface area contributed by atoms with E-state index in [0.717, 1.165) is 73.3 Å². The zero-order valence-electron chi connectivity index (χ0n) is 18.0. The van der Waals surface area contributed by atoms with Crippen molar-refractivity contribution in [2.45, 2.75) is 31.3 Å². The summed E-state index contributed by atoms with van der Waals surface area (Å²) in [5, 5.41) is 1.44. The standard InChI is InChI=1S/C23H28Cl2N6/c1-28-12-14-30(15-13-28)20-10-4-9-19-27-22(23(25)31(19)20)18-8-3-7-17(29(18)2)21-16(24)6-5-11-26-21/h4-6,9-11,17-18H,3,7-8,12-15H2,1-2H3/t17?,18-/m1/s1. The number of hydrogen-bond acceptors (Lipinski definition) is 5. The summed E-state index contributed by atoms with van der Waals surface area (Å²) in [5.74, 6) is 1.12. The number of fused-ring (bicyclic) bond motifs is 1. The van der Waals surface area contributed by atoms with Gasteiger partial charge in [-0.2, -0.15) is 0 Å². The summed E-state index contributed by atoms with van der Waals surface area (Å²) in [6.07, 6.45) is 4.95. The number of nitrogens with zero attached hydrogens (tertiary/aromatic N) is 6. The van der Waals surface area contributed by atoms with Gasteiger partial charge in [0.1, 0.15) is 16.6 Å². The van der Waals surface area contributed by atoms with Crippen molar-refractivity contribution < 1.29 is 0 Å². The van der Waals surface area contributed by atoms with Crippen LogP contribution in [0.1, 0.15) is 42.7 Å². The fourth-order valence-corrected chi connectivity index (χ4v) is 5.57. The Bertz CT molecular complexity index is 1080. The van der Waals surface area contributed by atoms with E-state index in [9.17, 15) is 0 Å². The molecule has 8 heteroatoms. The number of imidazole rings is 1. The van der Waals surface area contributed by atoms with Crippen LogP contribution in [-0.4, -0.2) is 64.4 Å². The maximum Gasteiger partial charge on any atom is 0.139 e. The van der Waals surface area contributed by atoms with E-state index in [-0.39, 0.29) is 12.1 Å². The fraction of sp³-hybridized carbons (Fsp3) is 0.478. The number of piperidine rings is 1. The van der Waals surface area contributed by atoms with Crippen molar-refractivity contribution in [1.29, 1.82) is 0 Å². The molecule has 0 aliphatic carbocycles. The molecule has 2 saturated heterocycles. The number of piperazine rings is 1. The second-order valence-electron chi connectivity index (χ2n) is 8.65. The predicted octanol–water partition coefficient (Wildman–Crippen LogP) is 4.69. The van der Waals surface area contributed by atoms with Gasteiger partial charge in [-0.15, -0.1) is 0 Å². The zero-order chi connectivity index (χ0) is 21.5. The first-order valence-corrected chi connectivity index (χ1v) is 11.7. The van der Waals surface area contributed by atoms with Crippen molar-refractivity contribution in [1.82, 2.24) is 24.2 Å². The van der Waals surface area contributed by atoms with E-state index in [0.29, 0.717) is 5.15 Å². The molecule has 2 aliphatic heterocycles. The van der Waals surface area contributed by atoms with Crippen molar-refractivity contribution in [2.75, 3.05) is 45.2 Å². The van der Waals surface area contributed by atoms with Crippen molar-refractivity contribution >= 4 is 34.7 Å². The Morgan fingerprint density at radius 2 is 1.65 bits per heavy atom. The Balaban J connectivity index is 1.51. The summed E-state index contributed by atoms with van der Waals surface area (Å²) in [5.41, 5.74) is 2.79. The van der Waals surface area contributed by atoms with Gasteiger partial charge in [0.2, 0.25) is 0 Å². The molecule has 3 aromatic heterocycles. The first-order chi connectivity index (χ1) is 15.0. The lowest BCUT2D eigenvalue weighted by molar-refractivity contribution is 0.110. The summed E-state index contributed by atoms with van der Waals surface area (Å²) in [7, 11) is 4.31. The van der Waals surface area contributed by atoms with E-state index in [4.69, 9.17) is 28.2 Å². The molecule has 0 saturated carbocycles. The highest BCUT2D eigenvalue weighted by Crippen LogP contribution is 2.43. The van der Waals surface area contributed by atoms with Crippen LogP contribution in [0.3, 0.4) is 0 Å². The van der Waals surface area contributed by atoms with Crippen LogP contribution >= 0.6 is 23.2 Å². The molecular formula is C23H28Cl2N6. The van der Waals surface area contributed by atoms with E-state index < -0.39 is 0 Å². The molecule has 0 radical (unpaired) electrons. The highest BCUT2D eigenvalue weighted by atomic mass is 35.5. The second-order valence-corrected chi connectivity index (χ2v) is 9.42. The predicted molar refractivity (Wildman–Crippen MR) is 126 cm³/mol. The highest BCUT2D eigenvalue weighted by Gasteiger charge is 2.35. The molecule has 0 aromatic carbocycles. The number of likely N-dealkylation sites (tertiary alicyclic amines) is 1. The summed E-state index contributed by atoms with van der Waals surface area (Å²) >= 11 is 13.5. The molecule has 6 nitrogen and oxygen atoms in total. The third kappa shape index (κ3) is 3.80. The molecule has 5 heterocycles. The molecule has 3 aromatic rings. The maximum absolute atomic E-state index is 7.03. The van der Waals surface area contributed by atoms with Crippen LogP contribution in [0, 0.1) is 0 Å². The van der Waals surface area contributed by atoms with Gasteiger partial charge in [-0.3, -0.25) is 14.3 Å². The van der Waals surface area contributed by atoms with E-state index in [1.54, 1.807) is 0 Å². The van der Waals surface area contributed by atoms with E-state index in [2.05, 4.69) is 50.3 Å². The third-order valence-corrected chi connectivity index (χ3v) is 7.46. The molecule has 0 amide bonds. The molecule has 5 rings (SSSR count). The molecule has 31 heavy (non-hydrogen) atoms. The van der Waals surface area contributed by atoms with E-state index >= 15 is 0 Å². The van der Waals surface area contributed by atoms with Gasteiger partial charge >= 0.3 is 0 Å². The molecule has 2 fully saturated rings. The van der Waals surface area contributed by atoms with Crippen molar-refractivity contribution in [3.63, 3.8) is 0 Å². The smallest absolute Gasteiger partial charge is 0.139 e. The monoisotopic (exact) mass is 458 g/mol. The number of halogens is 2. The Hall–Kier alpha value is -1.86.